The summed E-state index contributed by atoms with van der Waals surface area (Å²) in [5.41, 5.74) is -0.0181. The lowest BCUT2D eigenvalue weighted by Crippen LogP contribution is -2.38. The first-order valence-electron chi connectivity index (χ1n) is 6.14. The van der Waals surface area contributed by atoms with Gasteiger partial charge in [-0.25, -0.2) is 4.79 Å². The normalized spacial score (nSPS) is 12.0. The second kappa shape index (κ2) is 6.42. The molecule has 0 heterocycles. The highest BCUT2D eigenvalue weighted by Gasteiger charge is 2.27. The summed E-state index contributed by atoms with van der Waals surface area (Å²) in [5, 5.41) is 9.54. The number of benzene rings is 1. The second-order valence-electron chi connectivity index (χ2n) is 5.38. The molecular formula is C13H19NO6S. The molecule has 1 N–H and O–H groups in total. The number of hydroxylamine groups is 1. The molecule has 0 aliphatic heterocycles. The Kier molecular flexibility index (Phi) is 5.32. The van der Waals surface area contributed by atoms with Gasteiger partial charge in [0.15, 0.2) is 0 Å². The lowest BCUT2D eigenvalue weighted by molar-refractivity contribution is 0.0445. The largest absolute Gasteiger partial charge is 0.442 e. The Morgan fingerprint density at radius 3 is 2.14 bits per heavy atom. The number of aliphatic hydroxyl groups is 1. The van der Waals surface area contributed by atoms with E-state index >= 15 is 0 Å². The summed E-state index contributed by atoms with van der Waals surface area (Å²) in [4.78, 5) is 12.1. The van der Waals surface area contributed by atoms with E-state index in [1.54, 1.807) is 32.9 Å². The molecule has 0 saturated heterocycles. The van der Waals surface area contributed by atoms with Gasteiger partial charge in [-0.15, -0.1) is 9.35 Å². The summed E-state index contributed by atoms with van der Waals surface area (Å²) in [6.45, 7) is 4.79. The highest BCUT2D eigenvalue weighted by Crippen LogP contribution is 2.20. The van der Waals surface area contributed by atoms with Crippen LogP contribution in [-0.2, 0) is 25.7 Å². The van der Waals surface area contributed by atoms with Crippen molar-refractivity contribution in [1.29, 1.82) is 0 Å². The van der Waals surface area contributed by atoms with Gasteiger partial charge >= 0.3 is 6.09 Å². The molecule has 1 aromatic rings. The molecule has 21 heavy (non-hydrogen) atoms. The fourth-order valence-corrected chi connectivity index (χ4v) is 1.77. The van der Waals surface area contributed by atoms with Crippen LogP contribution in [0.4, 0.5) is 10.5 Å². The molecule has 0 radical (unpaired) electrons. The van der Waals surface area contributed by atoms with Gasteiger partial charge in [-0.05, 0) is 38.5 Å². The van der Waals surface area contributed by atoms with Gasteiger partial charge in [0.25, 0.3) is 10.1 Å². The molecule has 0 aromatic heterocycles. The molecule has 1 aromatic carbocycles. The van der Waals surface area contributed by atoms with E-state index in [0.717, 1.165) is 6.26 Å². The van der Waals surface area contributed by atoms with Crippen LogP contribution in [0, 0.1) is 0 Å². The first-order valence-corrected chi connectivity index (χ1v) is 7.96. The van der Waals surface area contributed by atoms with Gasteiger partial charge in [0, 0.05) is 0 Å². The number of anilines is 1. The Hall–Kier alpha value is -1.64. The van der Waals surface area contributed by atoms with Crippen molar-refractivity contribution in [3.8, 4) is 0 Å². The molecule has 0 fully saturated rings. The van der Waals surface area contributed by atoms with Crippen LogP contribution < -0.4 is 5.06 Å². The number of aliphatic hydroxyl groups excluding tert-OH is 1. The lowest BCUT2D eigenvalue weighted by Gasteiger charge is -2.25. The number of hydrogen-bond donors (Lipinski definition) is 1. The van der Waals surface area contributed by atoms with Gasteiger partial charge in [-0.1, -0.05) is 12.1 Å². The summed E-state index contributed by atoms with van der Waals surface area (Å²) in [7, 11) is -3.91. The molecule has 7 nitrogen and oxygen atoms in total. The van der Waals surface area contributed by atoms with Crippen LogP contribution in [0.3, 0.4) is 0 Å². The number of carbonyl (C=O) groups is 1. The number of nitrogens with zero attached hydrogens (tertiary/aromatic N) is 1. The molecule has 0 bridgehead atoms. The molecule has 0 unspecified atom stereocenters. The zero-order chi connectivity index (χ0) is 16.3. The fraction of sp³-hybridized carbons (Fsp3) is 0.462. The van der Waals surface area contributed by atoms with Gasteiger partial charge in [0.2, 0.25) is 0 Å². The van der Waals surface area contributed by atoms with Crippen LogP contribution in [0.25, 0.3) is 0 Å². The minimum Gasteiger partial charge on any atom is -0.442 e. The summed E-state index contributed by atoms with van der Waals surface area (Å²) in [6.07, 6.45) is -0.128. The van der Waals surface area contributed by atoms with Crippen LogP contribution >= 0.6 is 0 Å². The van der Waals surface area contributed by atoms with Crippen molar-refractivity contribution in [3.63, 3.8) is 0 Å². The second-order valence-corrected chi connectivity index (χ2v) is 6.94. The third-order valence-electron chi connectivity index (χ3n) is 2.12. The predicted octanol–water partition coefficient (Wildman–Crippen LogP) is 1.81. The standard InChI is InChI=1S/C13H19NO6S/c1-13(2,3)19-12(16)14(20-21(4,17)18)11-7-5-10(9-15)6-8-11/h5-8,15H,9H2,1-4H3. The highest BCUT2D eigenvalue weighted by molar-refractivity contribution is 7.86. The van der Waals surface area contributed by atoms with Crippen LogP contribution in [0.15, 0.2) is 24.3 Å². The minimum absolute atomic E-state index is 0.167. The van der Waals surface area contributed by atoms with Crippen molar-refractivity contribution < 1.29 is 27.3 Å². The fourth-order valence-electron chi connectivity index (χ4n) is 1.35. The molecule has 0 atom stereocenters. The average Bonchev–Trinajstić information content (AvgIpc) is 2.33. The van der Waals surface area contributed by atoms with Gasteiger partial charge in [-0.2, -0.15) is 8.42 Å². The van der Waals surface area contributed by atoms with E-state index in [1.807, 2.05) is 0 Å². The SMILES string of the molecule is CC(C)(C)OC(=O)N(OS(C)(=O)=O)c1ccc(CO)cc1. The molecule has 0 aliphatic carbocycles. The van der Waals surface area contributed by atoms with E-state index in [2.05, 4.69) is 4.28 Å². The maximum Gasteiger partial charge on any atom is 0.440 e. The van der Waals surface area contributed by atoms with Crippen LogP contribution in [0.2, 0.25) is 0 Å². The number of carbonyl (C=O) groups excluding carboxylic acids is 1. The van der Waals surface area contributed by atoms with Gasteiger partial charge < -0.3 is 9.84 Å². The number of amides is 1. The number of rotatable bonds is 4. The van der Waals surface area contributed by atoms with Crippen LogP contribution in [-0.4, -0.2) is 31.5 Å². The zero-order valence-electron chi connectivity index (χ0n) is 12.4. The number of hydrogen-bond acceptors (Lipinski definition) is 6. The molecule has 118 valence electrons. The van der Waals surface area contributed by atoms with Crippen molar-refractivity contribution in [2.45, 2.75) is 33.0 Å². The van der Waals surface area contributed by atoms with Crippen LogP contribution in [0.1, 0.15) is 26.3 Å². The summed E-state index contributed by atoms with van der Waals surface area (Å²) >= 11 is 0. The molecule has 1 rings (SSSR count). The Labute approximate surface area is 124 Å². The molecule has 0 saturated carbocycles. The van der Waals surface area contributed by atoms with Crippen LogP contribution in [0.5, 0.6) is 0 Å². The summed E-state index contributed by atoms with van der Waals surface area (Å²) in [5.74, 6) is 0. The summed E-state index contributed by atoms with van der Waals surface area (Å²) < 4.78 is 32.4. The Morgan fingerprint density at radius 1 is 1.24 bits per heavy atom. The van der Waals surface area contributed by atoms with E-state index in [0.29, 0.717) is 10.6 Å². The van der Waals surface area contributed by atoms with Crippen molar-refractivity contribution >= 4 is 21.9 Å². The van der Waals surface area contributed by atoms with E-state index < -0.39 is 21.8 Å². The highest BCUT2D eigenvalue weighted by atomic mass is 32.2. The lowest BCUT2D eigenvalue weighted by atomic mass is 10.2. The molecule has 0 aliphatic rings. The van der Waals surface area contributed by atoms with Crippen molar-refractivity contribution in [2.24, 2.45) is 0 Å². The monoisotopic (exact) mass is 317 g/mol. The molecule has 1 amide bonds. The van der Waals surface area contributed by atoms with E-state index in [-0.39, 0.29) is 12.3 Å². The summed E-state index contributed by atoms with van der Waals surface area (Å²) in [6, 6.07) is 5.97. The molecule has 0 spiro atoms. The van der Waals surface area contributed by atoms with Crippen molar-refractivity contribution in [1.82, 2.24) is 0 Å². The van der Waals surface area contributed by atoms with E-state index in [1.165, 1.54) is 12.1 Å². The van der Waals surface area contributed by atoms with Crippen molar-refractivity contribution in [3.05, 3.63) is 29.8 Å². The van der Waals surface area contributed by atoms with E-state index in [9.17, 15) is 13.2 Å². The Bertz CT molecular complexity index is 588. The minimum atomic E-state index is -3.91. The average molecular weight is 317 g/mol. The van der Waals surface area contributed by atoms with Crippen molar-refractivity contribution in [2.75, 3.05) is 11.3 Å². The first kappa shape index (κ1) is 17.4. The topological polar surface area (TPSA) is 93.1 Å². The first-order chi connectivity index (χ1) is 9.52. The third-order valence-corrected chi connectivity index (χ3v) is 2.54. The Morgan fingerprint density at radius 2 is 1.76 bits per heavy atom. The van der Waals surface area contributed by atoms with Gasteiger partial charge in [-0.3, -0.25) is 0 Å². The van der Waals surface area contributed by atoms with Gasteiger partial charge in [0.1, 0.15) is 5.60 Å². The zero-order valence-corrected chi connectivity index (χ0v) is 13.2. The third kappa shape index (κ3) is 6.11. The van der Waals surface area contributed by atoms with Gasteiger partial charge in [0.05, 0.1) is 18.6 Å². The Balaban J connectivity index is 3.09. The maximum atomic E-state index is 12.1. The van der Waals surface area contributed by atoms with E-state index in [4.69, 9.17) is 9.84 Å². The predicted molar refractivity (Wildman–Crippen MR) is 77.0 cm³/mol. The number of ether oxygens (including phenoxy) is 1. The molecular weight excluding hydrogens is 298 g/mol. The smallest absolute Gasteiger partial charge is 0.440 e. The maximum absolute atomic E-state index is 12.1. The quantitative estimate of drug-likeness (QED) is 0.851. The molecule has 8 heteroatoms.